The Morgan fingerprint density at radius 2 is 0.908 bits per heavy atom. The third-order valence-electron chi connectivity index (χ3n) is 11.6. The molecule has 0 spiro atoms. The summed E-state index contributed by atoms with van der Waals surface area (Å²) in [5.41, 5.74) is 0. The maximum atomic E-state index is 12.8. The van der Waals surface area contributed by atoms with E-state index in [2.05, 4.69) is 86.8 Å². The second kappa shape index (κ2) is 47.3. The fourth-order valence-corrected chi connectivity index (χ4v) is 7.54. The number of hydrogen-bond donors (Lipinski definition) is 1. The predicted molar refractivity (Wildman–Crippen MR) is 275 cm³/mol. The molecule has 0 fully saturated rings. The number of likely N-dealkylation sites (N-methyl/N-ethyl adjacent to an activating group) is 1. The van der Waals surface area contributed by atoms with Crippen LogP contribution in [0.5, 0.6) is 0 Å². The van der Waals surface area contributed by atoms with Crippen molar-refractivity contribution in [1.82, 2.24) is 0 Å². The van der Waals surface area contributed by atoms with Crippen molar-refractivity contribution in [3.63, 3.8) is 0 Å². The van der Waals surface area contributed by atoms with E-state index in [0.717, 1.165) is 70.6 Å². The molecule has 0 amide bonds. The van der Waals surface area contributed by atoms with Gasteiger partial charge in [0.2, 0.25) is 0 Å². The van der Waals surface area contributed by atoms with Gasteiger partial charge in [-0.25, -0.2) is 4.79 Å². The number of quaternary nitrogens is 1. The van der Waals surface area contributed by atoms with Crippen molar-refractivity contribution >= 4 is 17.9 Å². The number of allylic oxidation sites excluding steroid dienone is 12. The van der Waals surface area contributed by atoms with E-state index in [1.54, 1.807) is 0 Å². The molecule has 0 heterocycles. The van der Waals surface area contributed by atoms with Crippen molar-refractivity contribution < 1.29 is 38.2 Å². The molecule has 0 aliphatic carbocycles. The molecular weight excluding hydrogens is 811 g/mol. The zero-order valence-corrected chi connectivity index (χ0v) is 42.7. The maximum absolute atomic E-state index is 12.8. The van der Waals surface area contributed by atoms with Crippen molar-refractivity contribution in [2.24, 2.45) is 0 Å². The van der Waals surface area contributed by atoms with Crippen LogP contribution in [0.1, 0.15) is 219 Å². The summed E-state index contributed by atoms with van der Waals surface area (Å²) in [5, 5.41) is 9.66. The van der Waals surface area contributed by atoms with Gasteiger partial charge < -0.3 is 23.8 Å². The van der Waals surface area contributed by atoms with Gasteiger partial charge in [0.1, 0.15) is 6.61 Å². The number of ether oxygens (including phenoxy) is 3. The Balaban J connectivity index is 4.24. The Morgan fingerprint density at radius 1 is 0.492 bits per heavy atom. The number of carboxylic acids is 1. The Morgan fingerprint density at radius 3 is 1.37 bits per heavy atom. The second-order valence-corrected chi connectivity index (χ2v) is 18.8. The monoisotopic (exact) mass is 911 g/mol. The molecule has 65 heavy (non-hydrogen) atoms. The Bertz CT molecular complexity index is 1290. The number of nitrogens with zero attached hydrogens (tertiary/aromatic N) is 1. The van der Waals surface area contributed by atoms with Crippen molar-refractivity contribution in [1.29, 1.82) is 0 Å². The highest BCUT2D eigenvalue weighted by Gasteiger charge is 2.31. The summed E-state index contributed by atoms with van der Waals surface area (Å²) in [5.74, 6) is -1.48. The van der Waals surface area contributed by atoms with Gasteiger partial charge >= 0.3 is 17.9 Å². The molecule has 0 saturated heterocycles. The first-order valence-corrected chi connectivity index (χ1v) is 26.5. The number of carbonyl (C=O) groups excluding carboxylic acids is 2. The van der Waals surface area contributed by atoms with Crippen LogP contribution in [0.4, 0.5) is 0 Å². The first-order valence-electron chi connectivity index (χ1n) is 26.5. The molecule has 0 radical (unpaired) electrons. The number of unbranched alkanes of at least 4 members (excludes halogenated alkanes) is 22. The highest BCUT2D eigenvalue weighted by atomic mass is 16.6. The third-order valence-corrected chi connectivity index (χ3v) is 11.6. The molecule has 0 aromatic carbocycles. The van der Waals surface area contributed by atoms with Gasteiger partial charge in [0, 0.05) is 19.3 Å². The lowest BCUT2D eigenvalue weighted by Crippen LogP contribution is -2.50. The van der Waals surface area contributed by atoms with Crippen LogP contribution in [0.3, 0.4) is 0 Å². The van der Waals surface area contributed by atoms with Crippen LogP contribution in [-0.2, 0) is 28.6 Å². The van der Waals surface area contributed by atoms with Crippen molar-refractivity contribution in [2.75, 3.05) is 41.0 Å². The van der Waals surface area contributed by atoms with Gasteiger partial charge in [0.05, 0.1) is 34.4 Å². The van der Waals surface area contributed by atoms with Crippen LogP contribution in [-0.4, -0.2) is 80.6 Å². The molecule has 8 heteroatoms. The summed E-state index contributed by atoms with van der Waals surface area (Å²) in [6.07, 6.45) is 60.9. The largest absolute Gasteiger partial charge is 0.477 e. The second-order valence-electron chi connectivity index (χ2n) is 18.8. The molecule has 1 N–H and O–H groups in total. The highest BCUT2D eigenvalue weighted by molar-refractivity contribution is 5.72. The molecule has 0 aliphatic heterocycles. The first kappa shape index (κ1) is 61.8. The summed E-state index contributed by atoms with van der Waals surface area (Å²) < 4.78 is 17.4. The lowest BCUT2D eigenvalue weighted by Gasteiger charge is -2.31. The van der Waals surface area contributed by atoms with Crippen molar-refractivity contribution in [2.45, 2.75) is 231 Å². The topological polar surface area (TPSA) is 99.1 Å². The molecule has 0 bridgehead atoms. The van der Waals surface area contributed by atoms with Crippen LogP contribution < -0.4 is 0 Å². The van der Waals surface area contributed by atoms with E-state index in [9.17, 15) is 19.5 Å². The average molecular weight is 911 g/mol. The number of carbonyl (C=O) groups is 3. The minimum atomic E-state index is -0.877. The molecule has 8 nitrogen and oxygen atoms in total. The summed E-state index contributed by atoms with van der Waals surface area (Å²) in [7, 11) is 5.53. The van der Waals surface area contributed by atoms with Gasteiger partial charge in [-0.3, -0.25) is 9.59 Å². The van der Waals surface area contributed by atoms with E-state index in [1.807, 2.05) is 21.1 Å². The predicted octanol–water partition coefficient (Wildman–Crippen LogP) is 15.5. The Labute approximate surface area is 400 Å². The van der Waals surface area contributed by atoms with Crippen LogP contribution in [0.15, 0.2) is 72.9 Å². The fourth-order valence-electron chi connectivity index (χ4n) is 7.54. The molecule has 0 aromatic rings. The van der Waals surface area contributed by atoms with Crippen LogP contribution in [0.25, 0.3) is 0 Å². The van der Waals surface area contributed by atoms with E-state index in [4.69, 9.17) is 14.2 Å². The van der Waals surface area contributed by atoms with Crippen molar-refractivity contribution in [3.8, 4) is 0 Å². The number of esters is 2. The van der Waals surface area contributed by atoms with Gasteiger partial charge in [0.15, 0.2) is 12.1 Å². The van der Waals surface area contributed by atoms with Gasteiger partial charge in [-0.2, -0.15) is 0 Å². The van der Waals surface area contributed by atoms with E-state index in [1.165, 1.54) is 116 Å². The summed E-state index contributed by atoms with van der Waals surface area (Å²) >= 11 is 0. The summed E-state index contributed by atoms with van der Waals surface area (Å²) in [4.78, 5) is 37.2. The SMILES string of the molecule is CC/C=C/C/C=C/C/C=C/C/C=C/CCCCCCCCCCCC(=O)OC(COCCC(C(=O)O)[N+](C)(C)C)COC(=O)CCCCCCCCCCCC/C=C/C=C/CCCCC. The molecule has 2 atom stereocenters. The maximum Gasteiger partial charge on any atom is 0.362 e. The zero-order valence-electron chi connectivity index (χ0n) is 42.7. The third kappa shape index (κ3) is 45.7. The summed E-state index contributed by atoms with van der Waals surface area (Å²) in [6.45, 7) is 4.60. The highest BCUT2D eigenvalue weighted by Crippen LogP contribution is 2.15. The van der Waals surface area contributed by atoms with Gasteiger partial charge in [0.25, 0.3) is 0 Å². The van der Waals surface area contributed by atoms with E-state index in [-0.39, 0.29) is 36.2 Å². The Kier molecular flexibility index (Phi) is 44.9. The molecule has 0 rings (SSSR count). The molecular formula is C57H100NO7+. The van der Waals surface area contributed by atoms with Gasteiger partial charge in [-0.1, -0.05) is 196 Å². The average Bonchev–Trinajstić information content (AvgIpc) is 3.27. The summed E-state index contributed by atoms with van der Waals surface area (Å²) in [6, 6.07) is -0.620. The number of hydrogen-bond acceptors (Lipinski definition) is 6. The standard InChI is InChI=1S/C57H99NO7/c1-6-8-10-12-14-16-18-20-22-24-26-27-28-30-32-34-36-38-40-42-44-46-48-56(60)65-53(51-63-50-49-54(57(61)62)58(3,4)5)52-64-55(59)47-45-43-41-39-37-35-33-31-29-25-23-21-19-17-15-13-11-9-7-2/h8,10,14-17,19-22,26-27,53-54H,6-7,9,11-13,18,23-25,28-52H2,1-5H3/p+1/b10-8+,16-14+,17-15+,21-19+,22-20+,27-26+. The molecule has 0 saturated carbocycles. The number of rotatable bonds is 47. The van der Waals surface area contributed by atoms with Crippen LogP contribution in [0.2, 0.25) is 0 Å². The van der Waals surface area contributed by atoms with Gasteiger partial charge in [-0.15, -0.1) is 0 Å². The molecule has 2 unspecified atom stereocenters. The molecule has 0 aromatic heterocycles. The normalized spacial score (nSPS) is 13.4. The molecule has 374 valence electrons. The lowest BCUT2D eigenvalue weighted by molar-refractivity contribution is -0.887. The van der Waals surface area contributed by atoms with Crippen molar-refractivity contribution in [3.05, 3.63) is 72.9 Å². The molecule has 0 aliphatic rings. The van der Waals surface area contributed by atoms with E-state index < -0.39 is 18.1 Å². The number of aliphatic carboxylic acids is 1. The first-order chi connectivity index (χ1) is 31.6. The lowest BCUT2D eigenvalue weighted by atomic mass is 10.1. The minimum absolute atomic E-state index is 0.0554. The minimum Gasteiger partial charge on any atom is -0.477 e. The van der Waals surface area contributed by atoms with E-state index >= 15 is 0 Å². The zero-order chi connectivity index (χ0) is 47.7. The Hall–Kier alpha value is -3.23. The number of carboxylic acid groups (broad SMARTS) is 1. The fraction of sp³-hybridized carbons (Fsp3) is 0.737. The quantitative estimate of drug-likeness (QED) is 0.0213. The van der Waals surface area contributed by atoms with Crippen LogP contribution >= 0.6 is 0 Å². The van der Waals surface area contributed by atoms with E-state index in [0.29, 0.717) is 19.3 Å². The van der Waals surface area contributed by atoms with Crippen LogP contribution in [0, 0.1) is 0 Å². The smallest absolute Gasteiger partial charge is 0.362 e. The van der Waals surface area contributed by atoms with Gasteiger partial charge in [-0.05, 0) is 77.0 Å².